The van der Waals surface area contributed by atoms with Gasteiger partial charge in [-0.3, -0.25) is 0 Å². The van der Waals surface area contributed by atoms with Gasteiger partial charge in [0, 0.05) is 12.1 Å². The molecule has 1 aromatic carbocycles. The minimum Gasteiger partial charge on any atom is -0.314 e. The molecule has 0 radical (unpaired) electrons. The van der Waals surface area contributed by atoms with Gasteiger partial charge in [-0.05, 0) is 78.1 Å². The van der Waals surface area contributed by atoms with E-state index in [2.05, 4.69) is 62.3 Å². The molecule has 1 aliphatic rings. The first-order valence-corrected chi connectivity index (χ1v) is 8.56. The van der Waals surface area contributed by atoms with E-state index in [0.717, 1.165) is 12.0 Å². The van der Waals surface area contributed by atoms with Crippen LogP contribution in [-0.4, -0.2) is 37.1 Å². The molecule has 0 bridgehead atoms. The predicted molar refractivity (Wildman–Crippen MR) is 91.9 cm³/mol. The van der Waals surface area contributed by atoms with Crippen LogP contribution < -0.4 is 5.32 Å². The Hall–Kier alpha value is -0.860. The van der Waals surface area contributed by atoms with Gasteiger partial charge in [-0.1, -0.05) is 29.8 Å². The number of aryl methyl sites for hydroxylation is 1. The molecule has 2 heteroatoms. The van der Waals surface area contributed by atoms with Crippen molar-refractivity contribution in [1.82, 2.24) is 10.2 Å². The molecule has 2 rings (SSSR count). The largest absolute Gasteiger partial charge is 0.314 e. The van der Waals surface area contributed by atoms with Crippen LogP contribution in [-0.2, 0) is 0 Å². The lowest BCUT2D eigenvalue weighted by Crippen LogP contribution is -2.40. The number of hydrogen-bond donors (Lipinski definition) is 1. The Kier molecular flexibility index (Phi) is 6.25. The van der Waals surface area contributed by atoms with Gasteiger partial charge in [0.25, 0.3) is 0 Å². The Morgan fingerprint density at radius 1 is 1.24 bits per heavy atom. The maximum absolute atomic E-state index is 3.72. The van der Waals surface area contributed by atoms with Crippen LogP contribution in [0, 0.1) is 6.92 Å². The Balaban J connectivity index is 1.55. The van der Waals surface area contributed by atoms with Crippen LogP contribution in [0.15, 0.2) is 24.3 Å². The quantitative estimate of drug-likeness (QED) is 0.729. The van der Waals surface area contributed by atoms with Crippen molar-refractivity contribution in [3.8, 4) is 0 Å². The van der Waals surface area contributed by atoms with E-state index in [1.807, 2.05) is 0 Å². The van der Waals surface area contributed by atoms with Gasteiger partial charge < -0.3 is 10.2 Å². The minimum atomic E-state index is 0.666. The monoisotopic (exact) mass is 288 g/mol. The normalized spacial score (nSPS) is 21.8. The molecule has 0 amide bonds. The molecule has 2 nitrogen and oxygen atoms in total. The molecule has 0 aromatic heterocycles. The summed E-state index contributed by atoms with van der Waals surface area (Å²) in [6, 6.07) is 10.4. The molecule has 1 aliphatic carbocycles. The Morgan fingerprint density at radius 2 is 2.00 bits per heavy atom. The maximum atomic E-state index is 3.72. The first-order valence-electron chi connectivity index (χ1n) is 8.56. The molecular formula is C19H32N2. The van der Waals surface area contributed by atoms with Crippen LogP contribution in [0.1, 0.15) is 56.6 Å². The first kappa shape index (κ1) is 16.5. The molecule has 1 N–H and O–H groups in total. The highest BCUT2D eigenvalue weighted by Crippen LogP contribution is 2.36. The Labute approximate surface area is 130 Å². The van der Waals surface area contributed by atoms with Crippen LogP contribution in [0.2, 0.25) is 0 Å². The molecule has 0 aliphatic heterocycles. The third-order valence-electron chi connectivity index (χ3n) is 4.90. The molecule has 0 heterocycles. The zero-order valence-corrected chi connectivity index (χ0v) is 14.2. The van der Waals surface area contributed by atoms with Crippen molar-refractivity contribution in [3.05, 3.63) is 35.4 Å². The number of benzene rings is 1. The SMILES string of the molecule is Cc1cccc(C2CC(NCCCCN(C)C(C)C)C2)c1. The summed E-state index contributed by atoms with van der Waals surface area (Å²) in [6.07, 6.45) is 5.23. The highest BCUT2D eigenvalue weighted by Gasteiger charge is 2.29. The summed E-state index contributed by atoms with van der Waals surface area (Å²) in [5.41, 5.74) is 2.92. The minimum absolute atomic E-state index is 0.666. The van der Waals surface area contributed by atoms with Gasteiger partial charge in [0.1, 0.15) is 0 Å². The summed E-state index contributed by atoms with van der Waals surface area (Å²) < 4.78 is 0. The van der Waals surface area contributed by atoms with E-state index in [4.69, 9.17) is 0 Å². The van der Waals surface area contributed by atoms with E-state index < -0.39 is 0 Å². The molecule has 0 atom stereocenters. The van der Waals surface area contributed by atoms with Crippen LogP contribution in [0.3, 0.4) is 0 Å². The molecule has 1 aromatic rings. The number of rotatable bonds is 8. The molecule has 0 spiro atoms. The van der Waals surface area contributed by atoms with Crippen molar-refractivity contribution in [3.63, 3.8) is 0 Å². The molecule has 1 fully saturated rings. The van der Waals surface area contributed by atoms with Gasteiger partial charge in [0.15, 0.2) is 0 Å². The van der Waals surface area contributed by atoms with Crippen LogP contribution >= 0.6 is 0 Å². The second-order valence-electron chi connectivity index (χ2n) is 7.01. The Morgan fingerprint density at radius 3 is 2.67 bits per heavy atom. The van der Waals surface area contributed by atoms with Crippen molar-refractivity contribution in [1.29, 1.82) is 0 Å². The number of nitrogens with one attached hydrogen (secondary N) is 1. The van der Waals surface area contributed by atoms with Gasteiger partial charge in [-0.25, -0.2) is 0 Å². The lowest BCUT2D eigenvalue weighted by atomic mass is 9.75. The summed E-state index contributed by atoms with van der Waals surface area (Å²) in [5.74, 6) is 0.787. The van der Waals surface area contributed by atoms with Crippen molar-refractivity contribution < 1.29 is 0 Å². The third-order valence-corrected chi connectivity index (χ3v) is 4.90. The van der Waals surface area contributed by atoms with Crippen LogP contribution in [0.4, 0.5) is 0 Å². The van der Waals surface area contributed by atoms with Gasteiger partial charge in [-0.2, -0.15) is 0 Å². The van der Waals surface area contributed by atoms with Crippen molar-refractivity contribution in [2.45, 2.75) is 64.5 Å². The summed E-state index contributed by atoms with van der Waals surface area (Å²) >= 11 is 0. The molecule has 0 unspecified atom stereocenters. The topological polar surface area (TPSA) is 15.3 Å². The number of nitrogens with zero attached hydrogens (tertiary/aromatic N) is 1. The van der Waals surface area contributed by atoms with Gasteiger partial charge >= 0.3 is 0 Å². The average Bonchev–Trinajstić information content (AvgIpc) is 2.39. The summed E-state index contributed by atoms with van der Waals surface area (Å²) in [5, 5.41) is 3.72. The van der Waals surface area contributed by atoms with E-state index in [1.54, 1.807) is 0 Å². The maximum Gasteiger partial charge on any atom is 0.00787 e. The van der Waals surface area contributed by atoms with Gasteiger partial charge in [-0.15, -0.1) is 0 Å². The summed E-state index contributed by atoms with van der Waals surface area (Å²) in [4.78, 5) is 2.43. The summed E-state index contributed by atoms with van der Waals surface area (Å²) in [7, 11) is 2.22. The van der Waals surface area contributed by atoms with E-state index in [9.17, 15) is 0 Å². The van der Waals surface area contributed by atoms with Crippen molar-refractivity contribution >= 4 is 0 Å². The van der Waals surface area contributed by atoms with E-state index >= 15 is 0 Å². The molecule has 118 valence electrons. The van der Waals surface area contributed by atoms with E-state index in [-0.39, 0.29) is 0 Å². The van der Waals surface area contributed by atoms with E-state index in [1.165, 1.54) is 49.9 Å². The van der Waals surface area contributed by atoms with Crippen LogP contribution in [0.5, 0.6) is 0 Å². The third kappa shape index (κ3) is 5.12. The molecule has 1 saturated carbocycles. The standard InChI is InChI=1S/C19H32N2/c1-15(2)21(4)11-6-5-10-20-19-13-18(14-19)17-9-7-8-16(3)12-17/h7-9,12,15,18-20H,5-6,10-11,13-14H2,1-4H3. The van der Waals surface area contributed by atoms with Crippen molar-refractivity contribution in [2.24, 2.45) is 0 Å². The van der Waals surface area contributed by atoms with E-state index in [0.29, 0.717) is 6.04 Å². The highest BCUT2D eigenvalue weighted by atomic mass is 15.1. The fourth-order valence-electron chi connectivity index (χ4n) is 3.03. The zero-order chi connectivity index (χ0) is 15.2. The fraction of sp³-hybridized carbons (Fsp3) is 0.684. The second-order valence-corrected chi connectivity index (χ2v) is 7.01. The number of unbranched alkanes of at least 4 members (excludes halogenated alkanes) is 1. The lowest BCUT2D eigenvalue weighted by Gasteiger charge is -2.36. The molecule has 0 saturated heterocycles. The zero-order valence-electron chi connectivity index (χ0n) is 14.2. The molecule has 21 heavy (non-hydrogen) atoms. The van der Waals surface area contributed by atoms with Gasteiger partial charge in [0.05, 0.1) is 0 Å². The molecular weight excluding hydrogens is 256 g/mol. The number of hydrogen-bond acceptors (Lipinski definition) is 2. The summed E-state index contributed by atoms with van der Waals surface area (Å²) in [6.45, 7) is 9.11. The second kappa shape index (κ2) is 7.95. The predicted octanol–water partition coefficient (Wildman–Crippen LogP) is 3.95. The van der Waals surface area contributed by atoms with Gasteiger partial charge in [0.2, 0.25) is 0 Å². The van der Waals surface area contributed by atoms with Crippen molar-refractivity contribution in [2.75, 3.05) is 20.1 Å². The highest BCUT2D eigenvalue weighted by molar-refractivity contribution is 5.27. The first-order chi connectivity index (χ1) is 10.1. The fourth-order valence-corrected chi connectivity index (χ4v) is 3.03. The average molecular weight is 288 g/mol. The smallest absolute Gasteiger partial charge is 0.00787 e. The Bertz CT molecular complexity index is 421. The van der Waals surface area contributed by atoms with Crippen LogP contribution in [0.25, 0.3) is 0 Å². The lowest BCUT2D eigenvalue weighted by molar-refractivity contribution is 0.260.